The van der Waals surface area contributed by atoms with Crippen molar-refractivity contribution in [2.45, 2.75) is 25.9 Å². The molecule has 0 atom stereocenters. The van der Waals surface area contributed by atoms with Crippen LogP contribution in [0.15, 0.2) is 79.3 Å². The van der Waals surface area contributed by atoms with Gasteiger partial charge in [-0.05, 0) is 53.4 Å². The van der Waals surface area contributed by atoms with Gasteiger partial charge < -0.3 is 9.88 Å². The summed E-state index contributed by atoms with van der Waals surface area (Å²) in [5.74, 6) is 0.0522. The molecule has 1 N–H and O–H groups in total. The summed E-state index contributed by atoms with van der Waals surface area (Å²) in [5.41, 5.74) is 4.60. The van der Waals surface area contributed by atoms with Crippen molar-refractivity contribution in [2.75, 3.05) is 0 Å². The summed E-state index contributed by atoms with van der Waals surface area (Å²) in [6.07, 6.45) is 6.79. The van der Waals surface area contributed by atoms with E-state index in [2.05, 4.69) is 33.2 Å². The number of rotatable bonds is 7. The zero-order valence-corrected chi connectivity index (χ0v) is 16.8. The first-order valence-electron chi connectivity index (χ1n) is 9.66. The third-order valence-electron chi connectivity index (χ3n) is 5.00. The molecule has 0 bridgehead atoms. The molecule has 0 aliphatic heterocycles. The Kier molecular flexibility index (Phi) is 5.92. The number of carbonyl (C=O) groups is 1. The molecule has 146 valence electrons. The predicted molar refractivity (Wildman–Crippen MR) is 117 cm³/mol. The maximum Gasteiger partial charge on any atom is 0.220 e. The lowest BCUT2D eigenvalue weighted by atomic mass is 10.1. The van der Waals surface area contributed by atoms with Crippen LogP contribution in [0.4, 0.5) is 0 Å². The average Bonchev–Trinajstić information content (AvgIpc) is 3.11. The van der Waals surface area contributed by atoms with Crippen molar-refractivity contribution in [1.29, 1.82) is 0 Å². The molecule has 4 nitrogen and oxygen atoms in total. The summed E-state index contributed by atoms with van der Waals surface area (Å²) in [5, 5.41) is 4.92. The Morgan fingerprint density at radius 3 is 2.52 bits per heavy atom. The van der Waals surface area contributed by atoms with Crippen molar-refractivity contribution in [3.8, 4) is 0 Å². The quantitative estimate of drug-likeness (QED) is 0.472. The van der Waals surface area contributed by atoms with Crippen molar-refractivity contribution in [3.63, 3.8) is 0 Å². The fourth-order valence-electron chi connectivity index (χ4n) is 3.48. The number of pyridine rings is 1. The molecule has 0 radical (unpaired) electrons. The first kappa shape index (κ1) is 19.2. The van der Waals surface area contributed by atoms with Gasteiger partial charge in [0.2, 0.25) is 5.91 Å². The molecule has 1 amide bonds. The Bertz CT molecular complexity index is 1100. The van der Waals surface area contributed by atoms with Crippen LogP contribution in [-0.2, 0) is 24.3 Å². The van der Waals surface area contributed by atoms with Gasteiger partial charge in [-0.3, -0.25) is 9.78 Å². The van der Waals surface area contributed by atoms with E-state index in [4.69, 9.17) is 11.6 Å². The SMILES string of the molecule is O=C(CCc1cn(Cc2ccc(Cl)cc2)c2ccccc12)NCc1ccncc1. The molecule has 0 aliphatic rings. The van der Waals surface area contributed by atoms with E-state index in [1.807, 2.05) is 48.5 Å². The molecule has 0 saturated heterocycles. The number of nitrogens with zero attached hydrogens (tertiary/aromatic N) is 2. The molecule has 2 aromatic carbocycles. The van der Waals surface area contributed by atoms with E-state index in [0.29, 0.717) is 19.4 Å². The van der Waals surface area contributed by atoms with E-state index in [-0.39, 0.29) is 5.91 Å². The molecule has 0 unspecified atom stereocenters. The number of carbonyl (C=O) groups excluding carboxylic acids is 1. The molecule has 2 heterocycles. The van der Waals surface area contributed by atoms with E-state index in [1.165, 1.54) is 22.0 Å². The number of amides is 1. The van der Waals surface area contributed by atoms with E-state index >= 15 is 0 Å². The minimum atomic E-state index is 0.0522. The molecule has 0 saturated carbocycles. The molecule has 0 fully saturated rings. The van der Waals surface area contributed by atoms with Crippen LogP contribution in [0.2, 0.25) is 5.02 Å². The fourth-order valence-corrected chi connectivity index (χ4v) is 3.60. The number of para-hydroxylation sites is 1. The largest absolute Gasteiger partial charge is 0.352 e. The van der Waals surface area contributed by atoms with E-state index in [1.54, 1.807) is 12.4 Å². The minimum absolute atomic E-state index is 0.0522. The van der Waals surface area contributed by atoms with Crippen LogP contribution in [0.25, 0.3) is 10.9 Å². The van der Waals surface area contributed by atoms with E-state index in [0.717, 1.165) is 17.1 Å². The first-order chi connectivity index (χ1) is 14.2. The lowest BCUT2D eigenvalue weighted by Crippen LogP contribution is -2.22. The Morgan fingerprint density at radius 1 is 0.966 bits per heavy atom. The monoisotopic (exact) mass is 403 g/mol. The van der Waals surface area contributed by atoms with Crippen LogP contribution >= 0.6 is 11.6 Å². The number of nitrogens with one attached hydrogen (secondary N) is 1. The van der Waals surface area contributed by atoms with Gasteiger partial charge in [0.15, 0.2) is 0 Å². The van der Waals surface area contributed by atoms with Crippen LogP contribution in [0.1, 0.15) is 23.1 Å². The normalized spacial score (nSPS) is 10.9. The Labute approximate surface area is 175 Å². The van der Waals surface area contributed by atoms with Crippen molar-refractivity contribution in [3.05, 3.63) is 101 Å². The van der Waals surface area contributed by atoms with Gasteiger partial charge in [0, 0.05) is 54.0 Å². The lowest BCUT2D eigenvalue weighted by molar-refractivity contribution is -0.121. The highest BCUT2D eigenvalue weighted by Crippen LogP contribution is 2.24. The molecule has 2 aromatic heterocycles. The number of benzene rings is 2. The molecule has 5 heteroatoms. The third kappa shape index (κ3) is 4.84. The molecule has 29 heavy (non-hydrogen) atoms. The number of hydrogen-bond donors (Lipinski definition) is 1. The molecule has 4 rings (SSSR count). The predicted octanol–water partition coefficient (Wildman–Crippen LogP) is 4.99. The number of fused-ring (bicyclic) bond motifs is 1. The maximum absolute atomic E-state index is 12.3. The summed E-state index contributed by atoms with van der Waals surface area (Å²) in [7, 11) is 0. The van der Waals surface area contributed by atoms with Crippen LogP contribution in [0.5, 0.6) is 0 Å². The topological polar surface area (TPSA) is 46.9 Å². The van der Waals surface area contributed by atoms with Crippen LogP contribution in [-0.4, -0.2) is 15.5 Å². The standard InChI is InChI=1S/C24H22ClN3O/c25-21-8-5-19(6-9-21)16-28-17-20(22-3-1-2-4-23(22)28)7-10-24(29)27-15-18-11-13-26-14-12-18/h1-6,8-9,11-14,17H,7,10,15-16H2,(H,27,29). The van der Waals surface area contributed by atoms with Crippen LogP contribution in [0.3, 0.4) is 0 Å². The van der Waals surface area contributed by atoms with Gasteiger partial charge in [0.25, 0.3) is 0 Å². The number of hydrogen-bond acceptors (Lipinski definition) is 2. The zero-order chi connectivity index (χ0) is 20.1. The highest BCUT2D eigenvalue weighted by Gasteiger charge is 2.10. The highest BCUT2D eigenvalue weighted by atomic mass is 35.5. The number of halogens is 1. The first-order valence-corrected chi connectivity index (χ1v) is 10.0. The summed E-state index contributed by atoms with van der Waals surface area (Å²) in [6.45, 7) is 1.30. The minimum Gasteiger partial charge on any atom is -0.352 e. The summed E-state index contributed by atoms with van der Waals surface area (Å²) >= 11 is 6.00. The number of aryl methyl sites for hydroxylation is 1. The highest BCUT2D eigenvalue weighted by molar-refractivity contribution is 6.30. The summed E-state index contributed by atoms with van der Waals surface area (Å²) in [6, 6.07) is 20.1. The Hall–Kier alpha value is -3.11. The molecule has 0 aliphatic carbocycles. The van der Waals surface area contributed by atoms with Gasteiger partial charge in [-0.15, -0.1) is 0 Å². The van der Waals surface area contributed by atoms with Crippen molar-refractivity contribution >= 4 is 28.4 Å². The number of aromatic nitrogens is 2. The second-order valence-electron chi connectivity index (χ2n) is 7.06. The van der Waals surface area contributed by atoms with Gasteiger partial charge in [-0.2, -0.15) is 0 Å². The van der Waals surface area contributed by atoms with Crippen molar-refractivity contribution < 1.29 is 4.79 Å². The van der Waals surface area contributed by atoms with Crippen molar-refractivity contribution in [2.24, 2.45) is 0 Å². The zero-order valence-electron chi connectivity index (χ0n) is 16.0. The molecule has 4 aromatic rings. The van der Waals surface area contributed by atoms with Gasteiger partial charge in [0.05, 0.1) is 0 Å². The van der Waals surface area contributed by atoms with Crippen LogP contribution in [0, 0.1) is 0 Å². The Morgan fingerprint density at radius 2 is 1.72 bits per heavy atom. The van der Waals surface area contributed by atoms with Crippen molar-refractivity contribution in [1.82, 2.24) is 14.9 Å². The van der Waals surface area contributed by atoms with Gasteiger partial charge in [0.1, 0.15) is 0 Å². The summed E-state index contributed by atoms with van der Waals surface area (Å²) in [4.78, 5) is 16.3. The van der Waals surface area contributed by atoms with Gasteiger partial charge in [-0.1, -0.05) is 41.9 Å². The second kappa shape index (κ2) is 8.93. The molecular weight excluding hydrogens is 382 g/mol. The summed E-state index contributed by atoms with van der Waals surface area (Å²) < 4.78 is 2.24. The smallest absolute Gasteiger partial charge is 0.220 e. The molecular formula is C24H22ClN3O. The van der Waals surface area contributed by atoms with Crippen LogP contribution < -0.4 is 5.32 Å². The van der Waals surface area contributed by atoms with E-state index < -0.39 is 0 Å². The maximum atomic E-state index is 12.3. The lowest BCUT2D eigenvalue weighted by Gasteiger charge is -2.05. The fraction of sp³-hybridized carbons (Fsp3) is 0.167. The second-order valence-corrected chi connectivity index (χ2v) is 7.49. The van der Waals surface area contributed by atoms with Gasteiger partial charge in [-0.25, -0.2) is 0 Å². The Balaban J connectivity index is 1.44. The van der Waals surface area contributed by atoms with E-state index in [9.17, 15) is 4.79 Å². The molecule has 0 spiro atoms. The average molecular weight is 404 g/mol. The third-order valence-corrected chi connectivity index (χ3v) is 5.25. The van der Waals surface area contributed by atoms with Gasteiger partial charge >= 0.3 is 0 Å².